The van der Waals surface area contributed by atoms with Gasteiger partial charge in [-0.1, -0.05) is 25.5 Å². The smallest absolute Gasteiger partial charge is 0.273 e. The molecule has 4 nitrogen and oxygen atoms in total. The minimum atomic E-state index is -0.0252. The van der Waals surface area contributed by atoms with Gasteiger partial charge in [-0.25, -0.2) is 0 Å². The Kier molecular flexibility index (Phi) is 6.78. The second kappa shape index (κ2) is 7.90. The molecule has 0 fully saturated rings. The van der Waals surface area contributed by atoms with Gasteiger partial charge in [-0.3, -0.25) is 4.79 Å². The van der Waals surface area contributed by atoms with E-state index < -0.39 is 0 Å². The molecule has 122 valence electrons. The Morgan fingerprint density at radius 1 is 1.41 bits per heavy atom. The van der Waals surface area contributed by atoms with Crippen LogP contribution in [0.4, 0.5) is 0 Å². The molecular weight excluding hydrogens is 318 g/mol. The van der Waals surface area contributed by atoms with Crippen LogP contribution in [0.15, 0.2) is 18.2 Å². The predicted octanol–water partition coefficient (Wildman–Crippen LogP) is 3.47. The number of aryl methyl sites for hydroxylation is 1. The highest BCUT2D eigenvalue weighted by Gasteiger charge is 2.19. The number of hydrogen-bond acceptors (Lipinski definition) is 4. The fourth-order valence-corrected chi connectivity index (χ4v) is 2.91. The predicted molar refractivity (Wildman–Crippen MR) is 96.0 cm³/mol. The standard InChI is InChI=1S/C16H23N3OS.ClH/c1-10(2)13(17)7-8-19(4)16(20)15-12-9-11(3)5-6-14(12)21-18-15;/h5-6,9-10,13H,7-8,17H2,1-4H3;1H/t13-;/m0./s1. The van der Waals surface area contributed by atoms with E-state index in [-0.39, 0.29) is 24.4 Å². The molecule has 22 heavy (non-hydrogen) atoms. The van der Waals surface area contributed by atoms with Crippen LogP contribution in [0.2, 0.25) is 0 Å². The first kappa shape index (κ1) is 18.9. The van der Waals surface area contributed by atoms with Gasteiger partial charge in [0.15, 0.2) is 0 Å². The van der Waals surface area contributed by atoms with Gasteiger partial charge < -0.3 is 10.6 Å². The number of benzene rings is 1. The van der Waals surface area contributed by atoms with E-state index in [9.17, 15) is 4.79 Å². The van der Waals surface area contributed by atoms with Crippen LogP contribution in [-0.2, 0) is 0 Å². The Bertz CT molecular complexity index is 641. The van der Waals surface area contributed by atoms with Crippen molar-refractivity contribution >= 4 is 39.9 Å². The molecule has 1 atom stereocenters. The number of carbonyl (C=O) groups excluding carboxylic acids is 1. The van der Waals surface area contributed by atoms with E-state index in [1.165, 1.54) is 11.5 Å². The minimum Gasteiger partial charge on any atom is -0.340 e. The van der Waals surface area contributed by atoms with E-state index in [4.69, 9.17) is 5.73 Å². The van der Waals surface area contributed by atoms with Gasteiger partial charge in [0.2, 0.25) is 0 Å². The summed E-state index contributed by atoms with van der Waals surface area (Å²) in [6, 6.07) is 6.21. The first-order chi connectivity index (χ1) is 9.90. The average Bonchev–Trinajstić information content (AvgIpc) is 2.86. The van der Waals surface area contributed by atoms with Crippen LogP contribution in [0.5, 0.6) is 0 Å². The summed E-state index contributed by atoms with van der Waals surface area (Å²) in [5.74, 6) is 0.402. The van der Waals surface area contributed by atoms with Gasteiger partial charge in [-0.15, -0.1) is 12.4 Å². The molecule has 2 N–H and O–H groups in total. The number of fused-ring (bicyclic) bond motifs is 1. The Balaban J connectivity index is 0.00000242. The average molecular weight is 342 g/mol. The third-order valence-corrected chi connectivity index (χ3v) is 4.66. The number of carbonyl (C=O) groups is 1. The molecular formula is C16H24ClN3OS. The van der Waals surface area contributed by atoms with Crippen molar-refractivity contribution in [3.05, 3.63) is 29.5 Å². The molecule has 2 rings (SSSR count). The Morgan fingerprint density at radius 2 is 2.09 bits per heavy atom. The van der Waals surface area contributed by atoms with Gasteiger partial charge in [0.05, 0.1) is 4.70 Å². The minimum absolute atomic E-state index is 0. The van der Waals surface area contributed by atoms with Crippen LogP contribution >= 0.6 is 23.9 Å². The number of hydrogen-bond donors (Lipinski definition) is 1. The molecule has 0 bridgehead atoms. The molecule has 0 saturated heterocycles. The summed E-state index contributed by atoms with van der Waals surface area (Å²) in [6.07, 6.45) is 0.807. The molecule has 0 spiro atoms. The van der Waals surface area contributed by atoms with E-state index >= 15 is 0 Å². The summed E-state index contributed by atoms with van der Waals surface area (Å²) in [4.78, 5) is 14.3. The van der Waals surface area contributed by atoms with Crippen LogP contribution < -0.4 is 5.73 Å². The maximum Gasteiger partial charge on any atom is 0.273 e. The third kappa shape index (κ3) is 4.18. The summed E-state index contributed by atoms with van der Waals surface area (Å²) < 4.78 is 5.39. The van der Waals surface area contributed by atoms with Crippen molar-refractivity contribution in [3.63, 3.8) is 0 Å². The molecule has 1 aromatic carbocycles. The molecule has 1 amide bonds. The van der Waals surface area contributed by atoms with E-state index in [0.29, 0.717) is 18.2 Å². The zero-order valence-corrected chi connectivity index (χ0v) is 15.1. The maximum atomic E-state index is 12.5. The lowest BCUT2D eigenvalue weighted by Gasteiger charge is -2.21. The second-order valence-electron chi connectivity index (χ2n) is 5.95. The van der Waals surface area contributed by atoms with Crippen molar-refractivity contribution < 1.29 is 4.79 Å². The molecule has 0 aliphatic carbocycles. The number of halogens is 1. The maximum absolute atomic E-state index is 12.5. The van der Waals surface area contributed by atoms with Crippen molar-refractivity contribution in [1.82, 2.24) is 9.27 Å². The highest BCUT2D eigenvalue weighted by molar-refractivity contribution is 7.13. The SMILES string of the molecule is Cc1ccc2snc(C(=O)N(C)CC[C@H](N)C(C)C)c2c1.Cl. The lowest BCUT2D eigenvalue weighted by atomic mass is 10.0. The third-order valence-electron chi connectivity index (χ3n) is 3.83. The first-order valence-electron chi connectivity index (χ1n) is 7.27. The second-order valence-corrected chi connectivity index (χ2v) is 6.76. The van der Waals surface area contributed by atoms with Crippen molar-refractivity contribution in [3.8, 4) is 0 Å². The molecule has 0 aliphatic heterocycles. The topological polar surface area (TPSA) is 59.2 Å². The fraction of sp³-hybridized carbons (Fsp3) is 0.500. The van der Waals surface area contributed by atoms with Crippen molar-refractivity contribution in [2.75, 3.05) is 13.6 Å². The summed E-state index contributed by atoms with van der Waals surface area (Å²) in [5, 5.41) is 0.949. The largest absolute Gasteiger partial charge is 0.340 e. The normalized spacial score (nSPS) is 12.3. The van der Waals surface area contributed by atoms with Gasteiger partial charge >= 0.3 is 0 Å². The van der Waals surface area contributed by atoms with E-state index in [2.05, 4.69) is 18.2 Å². The number of nitrogens with two attached hydrogens (primary N) is 1. The lowest BCUT2D eigenvalue weighted by Crippen LogP contribution is -2.34. The molecule has 2 aromatic rings. The summed E-state index contributed by atoms with van der Waals surface area (Å²) >= 11 is 1.38. The highest BCUT2D eigenvalue weighted by Crippen LogP contribution is 2.24. The lowest BCUT2D eigenvalue weighted by molar-refractivity contribution is 0.0786. The first-order valence-corrected chi connectivity index (χ1v) is 8.04. The summed E-state index contributed by atoms with van der Waals surface area (Å²) in [6.45, 7) is 6.88. The quantitative estimate of drug-likeness (QED) is 0.905. The van der Waals surface area contributed by atoms with Gasteiger partial charge in [0, 0.05) is 25.0 Å². The van der Waals surface area contributed by atoms with Gasteiger partial charge in [-0.05, 0) is 42.9 Å². The van der Waals surface area contributed by atoms with Crippen LogP contribution in [-0.4, -0.2) is 34.8 Å². The Labute approximate surface area is 142 Å². The van der Waals surface area contributed by atoms with Crippen LogP contribution in [0.25, 0.3) is 10.1 Å². The van der Waals surface area contributed by atoms with Crippen molar-refractivity contribution in [2.24, 2.45) is 11.7 Å². The molecule has 0 aliphatic rings. The highest BCUT2D eigenvalue weighted by atomic mass is 35.5. The molecule has 0 saturated carbocycles. The van der Waals surface area contributed by atoms with Crippen LogP contribution in [0.3, 0.4) is 0 Å². The van der Waals surface area contributed by atoms with E-state index in [1.54, 1.807) is 4.90 Å². The fourth-order valence-electron chi connectivity index (χ4n) is 2.17. The Morgan fingerprint density at radius 3 is 2.73 bits per heavy atom. The van der Waals surface area contributed by atoms with Gasteiger partial charge in [0.1, 0.15) is 5.69 Å². The van der Waals surface area contributed by atoms with E-state index in [0.717, 1.165) is 22.1 Å². The Hall–Kier alpha value is -1.17. The molecule has 1 aromatic heterocycles. The molecule has 6 heteroatoms. The van der Waals surface area contributed by atoms with E-state index in [1.807, 2.05) is 32.2 Å². The van der Waals surface area contributed by atoms with Crippen molar-refractivity contribution in [1.29, 1.82) is 0 Å². The molecule has 1 heterocycles. The zero-order chi connectivity index (χ0) is 15.6. The number of rotatable bonds is 5. The summed E-state index contributed by atoms with van der Waals surface area (Å²) in [5.41, 5.74) is 7.74. The number of nitrogens with zero attached hydrogens (tertiary/aromatic N) is 2. The van der Waals surface area contributed by atoms with Crippen LogP contribution in [0.1, 0.15) is 36.3 Å². The molecule has 0 unspecified atom stereocenters. The molecule has 0 radical (unpaired) electrons. The van der Waals surface area contributed by atoms with Gasteiger partial charge in [-0.2, -0.15) is 4.37 Å². The number of amides is 1. The zero-order valence-electron chi connectivity index (χ0n) is 13.5. The monoisotopic (exact) mass is 341 g/mol. The number of aromatic nitrogens is 1. The van der Waals surface area contributed by atoms with Crippen molar-refractivity contribution in [2.45, 2.75) is 33.2 Å². The van der Waals surface area contributed by atoms with Crippen LogP contribution in [0, 0.1) is 12.8 Å². The van der Waals surface area contributed by atoms with Gasteiger partial charge in [0.25, 0.3) is 5.91 Å². The summed E-state index contributed by atoms with van der Waals surface area (Å²) in [7, 11) is 1.82.